The molecule has 0 bridgehead atoms. The number of hydrogen-bond acceptors (Lipinski definition) is 8. The second kappa shape index (κ2) is 16.7. The molecule has 0 saturated heterocycles. The topological polar surface area (TPSA) is 114 Å². The summed E-state index contributed by atoms with van der Waals surface area (Å²) in [4.78, 5) is 33.9. The number of hydrogen-bond donors (Lipinski definition) is 0. The Morgan fingerprint density at radius 3 is 1.19 bits per heavy atom. The number of aryl methyl sites for hydroxylation is 4. The molecule has 2 heterocycles. The first-order valence-electron chi connectivity index (χ1n) is 17.0. The third-order valence-corrected chi connectivity index (χ3v) is 8.99. The zero-order valence-electron chi connectivity index (χ0n) is 31.2. The Kier molecular flexibility index (Phi) is 11.9. The van der Waals surface area contributed by atoms with Gasteiger partial charge in [-0.3, -0.25) is 9.59 Å². The van der Waals surface area contributed by atoms with Gasteiger partial charge in [0.05, 0.1) is 53.0 Å². The number of carbonyl (C=O) groups excluding carboxylic acids is 2. The molecule has 0 unspecified atom stereocenters. The van der Waals surface area contributed by atoms with Crippen LogP contribution >= 0.6 is 0 Å². The summed E-state index contributed by atoms with van der Waals surface area (Å²) in [6.07, 6.45) is 7.71. The van der Waals surface area contributed by atoms with E-state index in [0.717, 1.165) is 34.6 Å². The predicted molar refractivity (Wildman–Crippen MR) is 201 cm³/mol. The summed E-state index contributed by atoms with van der Waals surface area (Å²) >= 11 is 0. The molecule has 0 aliphatic rings. The third-order valence-electron chi connectivity index (χ3n) is 8.99. The normalized spacial score (nSPS) is 11.4. The van der Waals surface area contributed by atoms with Gasteiger partial charge in [-0.25, -0.2) is 18.3 Å². The molecule has 2 aromatic heterocycles. The lowest BCUT2D eigenvalue weighted by Gasteiger charge is -2.24. The largest absolute Gasteiger partial charge is 0.421 e. The second-order valence-corrected chi connectivity index (χ2v) is 12.9. The van der Waals surface area contributed by atoms with Gasteiger partial charge in [0.2, 0.25) is 0 Å². The first-order chi connectivity index (χ1) is 24.9. The number of likely N-dealkylation sites (N-methyl/N-ethyl adjacent to an activating group) is 4. The molecule has 14 nitrogen and oxygen atoms in total. The van der Waals surface area contributed by atoms with E-state index in [4.69, 9.17) is 0 Å². The van der Waals surface area contributed by atoms with Crippen LogP contribution in [0.1, 0.15) is 20.7 Å². The number of imidazole rings is 2. The fourth-order valence-corrected chi connectivity index (χ4v) is 5.46. The predicted octanol–water partition coefficient (Wildman–Crippen LogP) is 5.26. The van der Waals surface area contributed by atoms with E-state index in [1.54, 1.807) is 48.2 Å². The lowest BCUT2D eigenvalue weighted by atomic mass is 10.1. The van der Waals surface area contributed by atoms with Crippen molar-refractivity contribution in [3.63, 3.8) is 0 Å². The molecule has 0 aliphatic carbocycles. The average molecular weight is 705 g/mol. The van der Waals surface area contributed by atoms with Gasteiger partial charge in [-0.1, -0.05) is 10.2 Å². The van der Waals surface area contributed by atoms with Gasteiger partial charge in [-0.05, 0) is 72.8 Å². The Bertz CT molecular complexity index is 1840. The lowest BCUT2D eigenvalue weighted by molar-refractivity contribution is -0.657. The van der Waals surface area contributed by atoms with E-state index in [1.165, 1.54) is 0 Å². The quantitative estimate of drug-likeness (QED) is 0.116. The number of nitrogens with zero attached hydrogens (tertiary/aromatic N) is 12. The smallest absolute Gasteiger partial charge is 0.373 e. The summed E-state index contributed by atoms with van der Waals surface area (Å²) < 4.78 is 7.62. The first kappa shape index (κ1) is 37.1. The van der Waals surface area contributed by atoms with Crippen LogP contribution in [0.5, 0.6) is 0 Å². The van der Waals surface area contributed by atoms with Crippen molar-refractivity contribution in [1.29, 1.82) is 0 Å². The summed E-state index contributed by atoms with van der Waals surface area (Å²) in [6, 6.07) is 22.5. The zero-order chi connectivity index (χ0) is 37.4. The molecule has 0 aliphatic heterocycles. The maximum atomic E-state index is 13.2. The highest BCUT2D eigenvalue weighted by molar-refractivity contribution is 5.97. The fourth-order valence-electron chi connectivity index (χ4n) is 5.46. The van der Waals surface area contributed by atoms with Crippen LogP contribution in [-0.2, 0) is 28.2 Å². The van der Waals surface area contributed by atoms with Gasteiger partial charge in [-0.2, -0.15) is 0 Å². The van der Waals surface area contributed by atoms with E-state index in [9.17, 15) is 9.59 Å². The summed E-state index contributed by atoms with van der Waals surface area (Å²) in [6.45, 7) is 2.33. The maximum Gasteiger partial charge on any atom is 0.421 e. The molecule has 0 atom stereocenters. The molecule has 5 aromatic rings. The van der Waals surface area contributed by atoms with E-state index in [1.807, 2.05) is 134 Å². The van der Waals surface area contributed by atoms with Crippen molar-refractivity contribution in [3.8, 4) is 0 Å². The maximum absolute atomic E-state index is 13.2. The number of aromatic nitrogens is 4. The molecule has 2 amide bonds. The molecular weight excluding hydrogens is 656 g/mol. The standard InChI is InChI=1S/C38H48N12O2/c1-43(33-17-13-31(14-18-33)39-41-37-47(5)25-26-48(37)6)21-23-45(3)35(51)29-9-11-30(12-10-29)36(52)46(4)24-22-44(2)34-19-15-32(16-20-34)40-42-38-49(7)27-28-50(38)8/h9-20,25-28H,21-24H2,1-8H3/q+2. The van der Waals surface area contributed by atoms with Gasteiger partial charge in [0.15, 0.2) is 0 Å². The molecule has 0 N–H and O–H groups in total. The van der Waals surface area contributed by atoms with E-state index >= 15 is 0 Å². The SMILES string of the molecule is CN(CCN(C)c1ccc(N=Nc2n(C)cc[n+]2C)cc1)C(=O)c1ccc(C(=O)N(C)CCN(C)c2ccc(N=Nc3n(C)cc[n+]3C)cc2)cc1. The van der Waals surface area contributed by atoms with E-state index in [2.05, 4.69) is 30.3 Å². The molecule has 3 aromatic carbocycles. The van der Waals surface area contributed by atoms with Gasteiger partial charge in [0.25, 0.3) is 11.8 Å². The summed E-state index contributed by atoms with van der Waals surface area (Å²) in [5.41, 5.74) is 4.60. The highest BCUT2D eigenvalue weighted by Gasteiger charge is 2.17. The Morgan fingerprint density at radius 2 is 0.885 bits per heavy atom. The van der Waals surface area contributed by atoms with Crippen molar-refractivity contribution in [1.82, 2.24) is 18.9 Å². The number of carbonyl (C=O) groups is 2. The highest BCUT2D eigenvalue weighted by Crippen LogP contribution is 2.22. The van der Waals surface area contributed by atoms with Crippen LogP contribution in [0.25, 0.3) is 0 Å². The molecule has 52 heavy (non-hydrogen) atoms. The number of azo groups is 2. The minimum Gasteiger partial charge on any atom is -0.373 e. The third kappa shape index (κ3) is 9.13. The van der Waals surface area contributed by atoms with Crippen LogP contribution in [0.4, 0.5) is 34.6 Å². The van der Waals surface area contributed by atoms with Gasteiger partial charge in [0.1, 0.15) is 11.4 Å². The second-order valence-electron chi connectivity index (χ2n) is 12.9. The monoisotopic (exact) mass is 704 g/mol. The van der Waals surface area contributed by atoms with Gasteiger partial charge in [-0.15, -0.1) is 0 Å². The number of anilines is 2. The Labute approximate surface area is 305 Å². The van der Waals surface area contributed by atoms with Gasteiger partial charge >= 0.3 is 11.9 Å². The van der Waals surface area contributed by atoms with E-state index in [-0.39, 0.29) is 11.8 Å². The van der Waals surface area contributed by atoms with Crippen LogP contribution in [0.3, 0.4) is 0 Å². The lowest BCUT2D eigenvalue weighted by Crippen LogP contribution is -2.35. The number of amides is 2. The van der Waals surface area contributed by atoms with Crippen molar-refractivity contribution in [3.05, 3.63) is 109 Å². The highest BCUT2D eigenvalue weighted by atomic mass is 16.2. The van der Waals surface area contributed by atoms with Crippen molar-refractivity contribution < 1.29 is 18.7 Å². The van der Waals surface area contributed by atoms with Crippen molar-refractivity contribution >= 4 is 46.5 Å². The average Bonchev–Trinajstić information content (AvgIpc) is 3.67. The van der Waals surface area contributed by atoms with Crippen molar-refractivity contribution in [2.75, 3.05) is 64.2 Å². The molecule has 270 valence electrons. The zero-order valence-corrected chi connectivity index (χ0v) is 31.2. The summed E-state index contributed by atoms with van der Waals surface area (Å²) in [7, 11) is 15.3. The Balaban J connectivity index is 1.06. The molecule has 0 saturated carbocycles. The molecule has 5 rings (SSSR count). The van der Waals surface area contributed by atoms with Gasteiger partial charge < -0.3 is 19.6 Å². The summed E-state index contributed by atoms with van der Waals surface area (Å²) in [5.74, 6) is 1.29. The minimum atomic E-state index is -0.103. The van der Waals surface area contributed by atoms with Crippen molar-refractivity contribution in [2.45, 2.75) is 0 Å². The molecule has 0 fully saturated rings. The van der Waals surface area contributed by atoms with E-state index in [0.29, 0.717) is 37.3 Å². The summed E-state index contributed by atoms with van der Waals surface area (Å²) in [5, 5.41) is 17.4. The minimum absolute atomic E-state index is 0.103. The Hall–Kier alpha value is -6.18. The first-order valence-corrected chi connectivity index (χ1v) is 17.0. The molecule has 14 heteroatoms. The number of rotatable bonds is 14. The Morgan fingerprint density at radius 1 is 0.538 bits per heavy atom. The van der Waals surface area contributed by atoms with E-state index < -0.39 is 0 Å². The van der Waals surface area contributed by atoms with Crippen LogP contribution in [0.2, 0.25) is 0 Å². The fraction of sp³-hybridized carbons (Fsp3) is 0.316. The van der Waals surface area contributed by atoms with Crippen LogP contribution in [0.15, 0.2) is 118 Å². The van der Waals surface area contributed by atoms with Gasteiger partial charge in [0, 0.05) is 87.1 Å². The number of benzene rings is 3. The van der Waals surface area contributed by atoms with Crippen molar-refractivity contribution in [2.24, 2.45) is 48.6 Å². The molecular formula is C38H48N12O2+2. The van der Waals surface area contributed by atoms with Crippen LogP contribution < -0.4 is 18.9 Å². The molecule has 0 spiro atoms. The van der Waals surface area contributed by atoms with Crippen LogP contribution in [-0.4, -0.2) is 85.1 Å². The van der Waals surface area contributed by atoms with Crippen LogP contribution in [0, 0.1) is 0 Å². The molecule has 0 radical (unpaired) electrons.